The molecule has 0 radical (unpaired) electrons. The lowest BCUT2D eigenvalue weighted by molar-refractivity contribution is 0.456. The second-order valence-electron chi connectivity index (χ2n) is 4.62. The van der Waals surface area contributed by atoms with Crippen molar-refractivity contribution >= 4 is 0 Å². The lowest BCUT2D eigenvalue weighted by atomic mass is 10.1. The van der Waals surface area contributed by atoms with Crippen LogP contribution in [-0.4, -0.2) is 11.5 Å². The van der Waals surface area contributed by atoms with E-state index in [9.17, 15) is 0 Å². The molecule has 1 heterocycles. The van der Waals surface area contributed by atoms with Gasteiger partial charge in [-0.25, -0.2) is 4.98 Å². The highest BCUT2D eigenvalue weighted by Gasteiger charge is 2.04. The van der Waals surface area contributed by atoms with E-state index < -0.39 is 0 Å². The van der Waals surface area contributed by atoms with Crippen molar-refractivity contribution in [2.24, 2.45) is 0 Å². The summed E-state index contributed by atoms with van der Waals surface area (Å²) in [5.74, 6) is 1.51. The fourth-order valence-corrected chi connectivity index (χ4v) is 1.80. The summed E-state index contributed by atoms with van der Waals surface area (Å²) < 4.78 is 5.87. The molecule has 0 atom stereocenters. The van der Waals surface area contributed by atoms with Gasteiger partial charge in [0.2, 0.25) is 5.88 Å². The predicted molar refractivity (Wildman–Crippen MR) is 77.6 cm³/mol. The van der Waals surface area contributed by atoms with Crippen LogP contribution >= 0.6 is 0 Å². The van der Waals surface area contributed by atoms with E-state index >= 15 is 0 Å². The Morgan fingerprint density at radius 3 is 2.79 bits per heavy atom. The summed E-state index contributed by atoms with van der Waals surface area (Å²) in [4.78, 5) is 4.49. The predicted octanol–water partition coefficient (Wildman–Crippen LogP) is 3.60. The largest absolute Gasteiger partial charge is 0.439 e. The number of hydrogen-bond donors (Lipinski definition) is 1. The van der Waals surface area contributed by atoms with E-state index in [0.29, 0.717) is 5.88 Å². The van der Waals surface area contributed by atoms with Crippen molar-refractivity contribution in [2.75, 3.05) is 6.54 Å². The molecule has 1 N–H and O–H groups in total. The first-order chi connectivity index (χ1) is 9.19. The van der Waals surface area contributed by atoms with E-state index in [1.165, 1.54) is 5.56 Å². The summed E-state index contributed by atoms with van der Waals surface area (Å²) in [6, 6.07) is 12.0. The third-order valence-electron chi connectivity index (χ3n) is 2.90. The van der Waals surface area contributed by atoms with Crippen molar-refractivity contribution in [1.82, 2.24) is 10.3 Å². The number of ether oxygens (including phenoxy) is 1. The van der Waals surface area contributed by atoms with Crippen LogP contribution in [0.1, 0.15) is 23.7 Å². The van der Waals surface area contributed by atoms with Crippen molar-refractivity contribution in [1.29, 1.82) is 0 Å². The van der Waals surface area contributed by atoms with Crippen LogP contribution in [0.5, 0.6) is 11.6 Å². The number of benzene rings is 1. The second kappa shape index (κ2) is 6.34. The minimum absolute atomic E-state index is 0.643. The molecule has 2 rings (SSSR count). The maximum absolute atomic E-state index is 5.87. The van der Waals surface area contributed by atoms with Gasteiger partial charge < -0.3 is 10.1 Å². The highest BCUT2D eigenvalue weighted by atomic mass is 16.5. The van der Waals surface area contributed by atoms with Crippen LogP contribution in [0.2, 0.25) is 0 Å². The lowest BCUT2D eigenvalue weighted by Gasteiger charge is -2.10. The molecule has 0 saturated carbocycles. The van der Waals surface area contributed by atoms with Gasteiger partial charge in [-0.2, -0.15) is 0 Å². The zero-order chi connectivity index (χ0) is 13.7. The van der Waals surface area contributed by atoms with Gasteiger partial charge in [-0.1, -0.05) is 25.1 Å². The highest BCUT2D eigenvalue weighted by Crippen LogP contribution is 2.24. The van der Waals surface area contributed by atoms with Gasteiger partial charge in [0, 0.05) is 12.6 Å². The van der Waals surface area contributed by atoms with E-state index in [4.69, 9.17) is 4.74 Å². The zero-order valence-electron chi connectivity index (χ0n) is 11.7. The molecule has 0 amide bonds. The van der Waals surface area contributed by atoms with Gasteiger partial charge in [-0.05, 0) is 43.7 Å². The van der Waals surface area contributed by atoms with Crippen molar-refractivity contribution in [2.45, 2.75) is 27.3 Å². The van der Waals surface area contributed by atoms with Crippen molar-refractivity contribution in [3.8, 4) is 11.6 Å². The average molecular weight is 256 g/mol. The standard InChI is InChI=1S/C16H20N2O/c1-4-17-11-14-6-5-7-16(18-14)19-15-10-12(2)8-9-13(15)3/h5-10,17H,4,11H2,1-3H3. The third kappa shape index (κ3) is 3.80. The summed E-state index contributed by atoms with van der Waals surface area (Å²) in [5.41, 5.74) is 3.29. The third-order valence-corrected chi connectivity index (χ3v) is 2.90. The smallest absolute Gasteiger partial charge is 0.219 e. The SMILES string of the molecule is CCNCc1cccc(Oc2cc(C)ccc2C)n1. The molecule has 0 aliphatic carbocycles. The van der Waals surface area contributed by atoms with E-state index in [-0.39, 0.29) is 0 Å². The second-order valence-corrected chi connectivity index (χ2v) is 4.62. The molecule has 3 nitrogen and oxygen atoms in total. The van der Waals surface area contributed by atoms with Gasteiger partial charge in [-0.15, -0.1) is 0 Å². The number of aromatic nitrogens is 1. The van der Waals surface area contributed by atoms with Crippen LogP contribution in [0, 0.1) is 13.8 Å². The number of aryl methyl sites for hydroxylation is 2. The minimum Gasteiger partial charge on any atom is -0.439 e. The molecule has 3 heteroatoms. The number of pyridine rings is 1. The molecule has 1 aromatic heterocycles. The van der Waals surface area contributed by atoms with Gasteiger partial charge in [0.25, 0.3) is 0 Å². The maximum Gasteiger partial charge on any atom is 0.219 e. The lowest BCUT2D eigenvalue weighted by Crippen LogP contribution is -2.12. The van der Waals surface area contributed by atoms with Crippen LogP contribution in [-0.2, 0) is 6.54 Å². The Morgan fingerprint density at radius 1 is 1.16 bits per heavy atom. The summed E-state index contributed by atoms with van der Waals surface area (Å²) in [7, 11) is 0. The Hall–Kier alpha value is -1.87. The van der Waals surface area contributed by atoms with Crippen LogP contribution < -0.4 is 10.1 Å². The monoisotopic (exact) mass is 256 g/mol. The first-order valence-electron chi connectivity index (χ1n) is 6.61. The molecule has 0 saturated heterocycles. The Bertz CT molecular complexity index is 552. The van der Waals surface area contributed by atoms with E-state index in [1.807, 2.05) is 31.2 Å². The summed E-state index contributed by atoms with van der Waals surface area (Å²) in [6.45, 7) is 7.87. The molecule has 0 unspecified atom stereocenters. The molecule has 19 heavy (non-hydrogen) atoms. The molecule has 1 aromatic carbocycles. The van der Waals surface area contributed by atoms with Crippen molar-refractivity contribution in [3.63, 3.8) is 0 Å². The van der Waals surface area contributed by atoms with Gasteiger partial charge in [0.15, 0.2) is 0 Å². The average Bonchev–Trinajstić information content (AvgIpc) is 2.41. The topological polar surface area (TPSA) is 34.1 Å². The fraction of sp³-hybridized carbons (Fsp3) is 0.312. The first-order valence-corrected chi connectivity index (χ1v) is 6.61. The van der Waals surface area contributed by atoms with Gasteiger partial charge in [0.05, 0.1) is 5.69 Å². The molecule has 0 spiro atoms. The van der Waals surface area contributed by atoms with Crippen LogP contribution in [0.3, 0.4) is 0 Å². The molecular formula is C16H20N2O. The molecular weight excluding hydrogens is 236 g/mol. The fourth-order valence-electron chi connectivity index (χ4n) is 1.80. The molecule has 0 aliphatic heterocycles. The number of hydrogen-bond acceptors (Lipinski definition) is 3. The van der Waals surface area contributed by atoms with Gasteiger partial charge in [-0.3, -0.25) is 0 Å². The molecule has 2 aromatic rings. The highest BCUT2D eigenvalue weighted by molar-refractivity contribution is 5.38. The van der Waals surface area contributed by atoms with Gasteiger partial charge >= 0.3 is 0 Å². The van der Waals surface area contributed by atoms with Crippen LogP contribution in [0.25, 0.3) is 0 Å². The quantitative estimate of drug-likeness (QED) is 0.887. The van der Waals surface area contributed by atoms with Crippen molar-refractivity contribution in [3.05, 3.63) is 53.2 Å². The number of rotatable bonds is 5. The maximum atomic E-state index is 5.87. The number of nitrogens with one attached hydrogen (secondary N) is 1. The minimum atomic E-state index is 0.643. The van der Waals surface area contributed by atoms with E-state index in [2.05, 4.69) is 36.3 Å². The zero-order valence-corrected chi connectivity index (χ0v) is 11.7. The molecule has 0 bridgehead atoms. The van der Waals surface area contributed by atoms with Crippen LogP contribution in [0.15, 0.2) is 36.4 Å². The molecule has 0 fully saturated rings. The summed E-state index contributed by atoms with van der Waals surface area (Å²) in [5, 5.41) is 3.26. The Morgan fingerprint density at radius 2 is 2.00 bits per heavy atom. The van der Waals surface area contributed by atoms with Crippen LogP contribution in [0.4, 0.5) is 0 Å². The first kappa shape index (κ1) is 13.6. The molecule has 100 valence electrons. The van der Waals surface area contributed by atoms with E-state index in [0.717, 1.165) is 30.1 Å². The van der Waals surface area contributed by atoms with Crippen molar-refractivity contribution < 1.29 is 4.74 Å². The van der Waals surface area contributed by atoms with Gasteiger partial charge in [0.1, 0.15) is 5.75 Å². The number of nitrogens with zero attached hydrogens (tertiary/aromatic N) is 1. The Balaban J connectivity index is 2.16. The van der Waals surface area contributed by atoms with E-state index in [1.54, 1.807) is 0 Å². The normalized spacial score (nSPS) is 10.5. The summed E-state index contributed by atoms with van der Waals surface area (Å²) in [6.07, 6.45) is 0. The Kier molecular flexibility index (Phi) is 4.53. The summed E-state index contributed by atoms with van der Waals surface area (Å²) >= 11 is 0. The Labute approximate surface area is 114 Å². The molecule has 0 aliphatic rings.